The van der Waals surface area contributed by atoms with Gasteiger partial charge in [-0.15, -0.1) is 0 Å². The molecule has 0 aromatic carbocycles. The highest BCUT2D eigenvalue weighted by molar-refractivity contribution is 4.73. The average molecular weight is 142 g/mol. The van der Waals surface area contributed by atoms with Crippen molar-refractivity contribution in [3.05, 3.63) is 0 Å². The van der Waals surface area contributed by atoms with Crippen LogP contribution in [0.5, 0.6) is 0 Å². The SMILES string of the molecule is CCC1COCC(C)C1C. The summed E-state index contributed by atoms with van der Waals surface area (Å²) < 4.78 is 5.46. The minimum atomic E-state index is 0.763. The molecular weight excluding hydrogens is 124 g/mol. The molecule has 1 heterocycles. The van der Waals surface area contributed by atoms with Gasteiger partial charge in [0.2, 0.25) is 0 Å². The lowest BCUT2D eigenvalue weighted by Crippen LogP contribution is -2.31. The van der Waals surface area contributed by atoms with Crippen LogP contribution in [0.25, 0.3) is 0 Å². The molecule has 1 aliphatic heterocycles. The Bertz CT molecular complexity index is 101. The maximum atomic E-state index is 5.46. The lowest BCUT2D eigenvalue weighted by Gasteiger charge is -2.33. The van der Waals surface area contributed by atoms with Crippen molar-refractivity contribution in [1.29, 1.82) is 0 Å². The van der Waals surface area contributed by atoms with Crippen LogP contribution in [0.2, 0.25) is 0 Å². The van der Waals surface area contributed by atoms with Crippen molar-refractivity contribution in [1.82, 2.24) is 0 Å². The molecule has 1 saturated heterocycles. The van der Waals surface area contributed by atoms with Gasteiger partial charge in [0.1, 0.15) is 0 Å². The standard InChI is InChI=1S/C9H18O/c1-4-9-6-10-5-7(2)8(9)3/h7-9H,4-6H2,1-3H3. The molecule has 1 nitrogen and oxygen atoms in total. The van der Waals surface area contributed by atoms with E-state index in [9.17, 15) is 0 Å². The van der Waals surface area contributed by atoms with Crippen LogP contribution < -0.4 is 0 Å². The van der Waals surface area contributed by atoms with E-state index in [0.717, 1.165) is 31.0 Å². The van der Waals surface area contributed by atoms with E-state index in [-0.39, 0.29) is 0 Å². The van der Waals surface area contributed by atoms with Gasteiger partial charge in [-0.3, -0.25) is 0 Å². The van der Waals surface area contributed by atoms with Gasteiger partial charge in [0.15, 0.2) is 0 Å². The fraction of sp³-hybridized carbons (Fsp3) is 1.00. The normalized spacial score (nSPS) is 41.7. The highest BCUT2D eigenvalue weighted by Crippen LogP contribution is 2.28. The van der Waals surface area contributed by atoms with Crippen molar-refractivity contribution < 1.29 is 4.74 Å². The van der Waals surface area contributed by atoms with Crippen molar-refractivity contribution in [3.8, 4) is 0 Å². The predicted molar refractivity (Wildman–Crippen MR) is 42.9 cm³/mol. The highest BCUT2D eigenvalue weighted by Gasteiger charge is 2.25. The second-order valence-electron chi connectivity index (χ2n) is 3.54. The van der Waals surface area contributed by atoms with Gasteiger partial charge < -0.3 is 4.74 Å². The van der Waals surface area contributed by atoms with E-state index >= 15 is 0 Å². The molecule has 10 heavy (non-hydrogen) atoms. The molecule has 0 radical (unpaired) electrons. The van der Waals surface area contributed by atoms with Crippen LogP contribution in [0.4, 0.5) is 0 Å². The molecule has 3 atom stereocenters. The molecule has 0 bridgehead atoms. The largest absolute Gasteiger partial charge is 0.381 e. The summed E-state index contributed by atoms with van der Waals surface area (Å²) in [6, 6.07) is 0. The van der Waals surface area contributed by atoms with Crippen molar-refractivity contribution in [3.63, 3.8) is 0 Å². The second-order valence-corrected chi connectivity index (χ2v) is 3.54. The Morgan fingerprint density at radius 1 is 1.30 bits per heavy atom. The maximum Gasteiger partial charge on any atom is 0.0496 e. The van der Waals surface area contributed by atoms with Crippen LogP contribution >= 0.6 is 0 Å². The Morgan fingerprint density at radius 3 is 2.50 bits per heavy atom. The van der Waals surface area contributed by atoms with Gasteiger partial charge in [-0.25, -0.2) is 0 Å². The van der Waals surface area contributed by atoms with E-state index in [4.69, 9.17) is 4.74 Å². The van der Waals surface area contributed by atoms with Crippen LogP contribution in [0.3, 0.4) is 0 Å². The summed E-state index contributed by atoms with van der Waals surface area (Å²) in [6.45, 7) is 8.84. The van der Waals surface area contributed by atoms with Crippen molar-refractivity contribution >= 4 is 0 Å². The van der Waals surface area contributed by atoms with Crippen LogP contribution in [0.15, 0.2) is 0 Å². The van der Waals surface area contributed by atoms with Gasteiger partial charge in [-0.05, 0) is 17.8 Å². The molecule has 0 N–H and O–H groups in total. The first-order valence-corrected chi connectivity index (χ1v) is 4.33. The number of ether oxygens (including phenoxy) is 1. The topological polar surface area (TPSA) is 9.23 Å². The minimum Gasteiger partial charge on any atom is -0.381 e. The average Bonchev–Trinajstić information content (AvgIpc) is 1.95. The number of hydrogen-bond donors (Lipinski definition) is 0. The van der Waals surface area contributed by atoms with Gasteiger partial charge in [-0.2, -0.15) is 0 Å². The fourth-order valence-corrected chi connectivity index (χ4v) is 1.66. The summed E-state index contributed by atoms with van der Waals surface area (Å²) in [5.41, 5.74) is 0. The number of rotatable bonds is 1. The zero-order chi connectivity index (χ0) is 7.56. The molecule has 3 unspecified atom stereocenters. The lowest BCUT2D eigenvalue weighted by atomic mass is 9.81. The van der Waals surface area contributed by atoms with E-state index in [1.807, 2.05) is 0 Å². The number of hydrogen-bond acceptors (Lipinski definition) is 1. The summed E-state index contributed by atoms with van der Waals surface area (Å²) in [7, 11) is 0. The van der Waals surface area contributed by atoms with Gasteiger partial charge in [0.25, 0.3) is 0 Å². The summed E-state index contributed by atoms with van der Waals surface area (Å²) in [6.07, 6.45) is 1.27. The van der Waals surface area contributed by atoms with E-state index in [0.29, 0.717) is 0 Å². The van der Waals surface area contributed by atoms with E-state index in [1.165, 1.54) is 6.42 Å². The van der Waals surface area contributed by atoms with Crippen LogP contribution in [-0.2, 0) is 4.74 Å². The molecule has 1 aliphatic rings. The molecule has 1 fully saturated rings. The molecule has 0 aromatic rings. The quantitative estimate of drug-likeness (QED) is 0.546. The highest BCUT2D eigenvalue weighted by atomic mass is 16.5. The van der Waals surface area contributed by atoms with E-state index in [1.54, 1.807) is 0 Å². The van der Waals surface area contributed by atoms with Crippen LogP contribution in [0.1, 0.15) is 27.2 Å². The van der Waals surface area contributed by atoms with Crippen LogP contribution in [-0.4, -0.2) is 13.2 Å². The summed E-state index contributed by atoms with van der Waals surface area (Å²) in [4.78, 5) is 0. The fourth-order valence-electron chi connectivity index (χ4n) is 1.66. The monoisotopic (exact) mass is 142 g/mol. The predicted octanol–water partition coefficient (Wildman–Crippen LogP) is 2.32. The zero-order valence-corrected chi connectivity index (χ0v) is 7.26. The van der Waals surface area contributed by atoms with Crippen molar-refractivity contribution in [2.24, 2.45) is 17.8 Å². The third kappa shape index (κ3) is 1.51. The van der Waals surface area contributed by atoms with Crippen LogP contribution in [0, 0.1) is 17.8 Å². The summed E-state index contributed by atoms with van der Waals surface area (Å²) in [5.74, 6) is 2.43. The van der Waals surface area contributed by atoms with Crippen molar-refractivity contribution in [2.75, 3.05) is 13.2 Å². The Labute approximate surface area is 63.8 Å². The summed E-state index contributed by atoms with van der Waals surface area (Å²) in [5, 5.41) is 0. The Balaban J connectivity index is 2.42. The molecule has 0 spiro atoms. The van der Waals surface area contributed by atoms with Crippen molar-refractivity contribution in [2.45, 2.75) is 27.2 Å². The van der Waals surface area contributed by atoms with Gasteiger partial charge in [-0.1, -0.05) is 27.2 Å². The first-order chi connectivity index (χ1) is 4.75. The molecule has 0 aliphatic carbocycles. The maximum absolute atomic E-state index is 5.46. The first kappa shape index (κ1) is 8.06. The Kier molecular flexibility index (Phi) is 2.72. The van der Waals surface area contributed by atoms with Gasteiger partial charge >= 0.3 is 0 Å². The molecule has 60 valence electrons. The third-order valence-corrected chi connectivity index (χ3v) is 2.88. The molecule has 1 heteroatoms. The second kappa shape index (κ2) is 3.38. The van der Waals surface area contributed by atoms with E-state index < -0.39 is 0 Å². The molecular formula is C9H18O. The van der Waals surface area contributed by atoms with E-state index in [2.05, 4.69) is 20.8 Å². The molecule has 0 aromatic heterocycles. The lowest BCUT2D eigenvalue weighted by molar-refractivity contribution is -0.0172. The minimum absolute atomic E-state index is 0.763. The molecule has 0 amide bonds. The Hall–Kier alpha value is -0.0400. The van der Waals surface area contributed by atoms with Gasteiger partial charge in [0.05, 0.1) is 0 Å². The third-order valence-electron chi connectivity index (χ3n) is 2.88. The van der Waals surface area contributed by atoms with Gasteiger partial charge in [0, 0.05) is 13.2 Å². The molecule has 0 saturated carbocycles. The summed E-state index contributed by atoms with van der Waals surface area (Å²) >= 11 is 0. The smallest absolute Gasteiger partial charge is 0.0496 e. The Morgan fingerprint density at radius 2 is 2.00 bits per heavy atom. The first-order valence-electron chi connectivity index (χ1n) is 4.33. The molecule has 1 rings (SSSR count). The zero-order valence-electron chi connectivity index (χ0n) is 7.26.